The van der Waals surface area contributed by atoms with Crippen LogP contribution in [-0.4, -0.2) is 39.8 Å². The number of aromatic nitrogens is 2. The second-order valence-corrected chi connectivity index (χ2v) is 4.34. The number of carbonyl (C=O) groups is 2. The van der Waals surface area contributed by atoms with Gasteiger partial charge in [0.15, 0.2) is 0 Å². The van der Waals surface area contributed by atoms with Gasteiger partial charge in [-0.1, -0.05) is 6.92 Å². The summed E-state index contributed by atoms with van der Waals surface area (Å²) in [6, 6.07) is 1.30. The van der Waals surface area contributed by atoms with Crippen molar-refractivity contribution in [3.63, 3.8) is 0 Å². The molecule has 1 unspecified atom stereocenters. The molecule has 96 valence electrons. The summed E-state index contributed by atoms with van der Waals surface area (Å²) in [6.45, 7) is 3.81. The van der Waals surface area contributed by atoms with E-state index in [1.54, 1.807) is 6.92 Å². The van der Waals surface area contributed by atoms with Gasteiger partial charge in [0.05, 0.1) is 6.42 Å². The van der Waals surface area contributed by atoms with Crippen molar-refractivity contribution in [1.82, 2.24) is 14.9 Å². The van der Waals surface area contributed by atoms with Crippen LogP contribution in [0.2, 0.25) is 0 Å². The number of hydrogen-bond donors (Lipinski definition) is 1. The van der Waals surface area contributed by atoms with Gasteiger partial charge in [0.2, 0.25) is 5.91 Å². The van der Waals surface area contributed by atoms with Crippen LogP contribution in [-0.2, 0) is 16.0 Å². The highest BCUT2D eigenvalue weighted by Crippen LogP contribution is 2.16. The Hall–Kier alpha value is -1.98. The van der Waals surface area contributed by atoms with Crippen molar-refractivity contribution < 1.29 is 9.59 Å². The maximum atomic E-state index is 11.8. The molecule has 0 spiro atoms. The smallest absolute Gasteiger partial charge is 0.251 e. The Morgan fingerprint density at radius 1 is 1.44 bits per heavy atom. The first kappa shape index (κ1) is 12.5. The number of carbonyl (C=O) groups excluding carboxylic acids is 2. The first-order valence-corrected chi connectivity index (χ1v) is 5.92. The maximum absolute atomic E-state index is 11.8. The molecule has 6 nitrogen and oxygen atoms in total. The number of amides is 2. The van der Waals surface area contributed by atoms with Gasteiger partial charge in [-0.15, -0.1) is 0 Å². The third kappa shape index (κ3) is 2.32. The third-order valence-electron chi connectivity index (χ3n) is 2.96. The summed E-state index contributed by atoms with van der Waals surface area (Å²) in [5, 5.41) is 3.00. The highest BCUT2D eigenvalue weighted by molar-refractivity contribution is 6.06. The second-order valence-electron chi connectivity index (χ2n) is 4.34. The van der Waals surface area contributed by atoms with E-state index in [2.05, 4.69) is 15.3 Å². The molecule has 1 fully saturated rings. The van der Waals surface area contributed by atoms with Crippen molar-refractivity contribution in [3.8, 4) is 0 Å². The fraction of sp³-hybridized carbons (Fsp3) is 0.500. The summed E-state index contributed by atoms with van der Waals surface area (Å²) in [6.07, 6.45) is 0.981. The van der Waals surface area contributed by atoms with Gasteiger partial charge in [0, 0.05) is 18.8 Å². The van der Waals surface area contributed by atoms with Gasteiger partial charge in [-0.25, -0.2) is 9.97 Å². The fourth-order valence-electron chi connectivity index (χ4n) is 1.93. The standard InChI is InChI=1S/C12H16N4O2/c1-4-8-5-10(14-7(2)13-8)15-9-6-11(17)16(3)12(9)18/h5,9H,4,6H2,1-3H3,(H,13,14,15). The summed E-state index contributed by atoms with van der Waals surface area (Å²) < 4.78 is 0. The number of rotatable bonds is 3. The number of aryl methyl sites for hydroxylation is 2. The van der Waals surface area contributed by atoms with Crippen LogP contribution in [0.1, 0.15) is 24.9 Å². The number of likely N-dealkylation sites (tertiary alicyclic amines) is 1. The molecule has 1 atom stereocenters. The lowest BCUT2D eigenvalue weighted by atomic mass is 10.2. The molecule has 0 aromatic carbocycles. The quantitative estimate of drug-likeness (QED) is 0.789. The number of nitrogens with zero attached hydrogens (tertiary/aromatic N) is 3. The molecule has 1 saturated heterocycles. The van der Waals surface area contributed by atoms with Gasteiger partial charge in [-0.3, -0.25) is 14.5 Å². The van der Waals surface area contributed by atoms with Crippen LogP contribution in [0.3, 0.4) is 0 Å². The minimum Gasteiger partial charge on any atom is -0.358 e. The molecule has 1 N–H and O–H groups in total. The van der Waals surface area contributed by atoms with E-state index in [9.17, 15) is 9.59 Å². The Bertz CT molecular complexity index is 501. The number of likely N-dealkylation sites (N-methyl/N-ethyl adjacent to an activating group) is 1. The van der Waals surface area contributed by atoms with E-state index in [0.717, 1.165) is 17.0 Å². The molecule has 2 rings (SSSR count). The monoisotopic (exact) mass is 248 g/mol. The molecule has 2 amide bonds. The van der Waals surface area contributed by atoms with Crippen molar-refractivity contribution in [2.75, 3.05) is 12.4 Å². The molecule has 6 heteroatoms. The number of imide groups is 1. The highest BCUT2D eigenvalue weighted by atomic mass is 16.2. The predicted octanol–water partition coefficient (Wildman–Crippen LogP) is 0.517. The van der Waals surface area contributed by atoms with Crippen molar-refractivity contribution in [1.29, 1.82) is 0 Å². The second kappa shape index (κ2) is 4.72. The molecule has 1 aliphatic rings. The predicted molar refractivity (Wildman–Crippen MR) is 66.0 cm³/mol. The molecule has 0 aliphatic carbocycles. The lowest BCUT2D eigenvalue weighted by Gasteiger charge is -2.12. The van der Waals surface area contributed by atoms with Crippen LogP contribution in [0.15, 0.2) is 6.07 Å². The van der Waals surface area contributed by atoms with Crippen LogP contribution < -0.4 is 5.32 Å². The van der Waals surface area contributed by atoms with Gasteiger partial charge >= 0.3 is 0 Å². The van der Waals surface area contributed by atoms with Crippen LogP contribution in [0.4, 0.5) is 5.82 Å². The van der Waals surface area contributed by atoms with Crippen LogP contribution in [0.25, 0.3) is 0 Å². The Morgan fingerprint density at radius 2 is 2.17 bits per heavy atom. The number of hydrogen-bond acceptors (Lipinski definition) is 5. The minimum atomic E-state index is -0.512. The zero-order valence-electron chi connectivity index (χ0n) is 10.7. The summed E-state index contributed by atoms with van der Waals surface area (Å²) in [7, 11) is 1.50. The van der Waals surface area contributed by atoms with E-state index in [1.165, 1.54) is 7.05 Å². The molecule has 0 bridgehead atoms. The van der Waals surface area contributed by atoms with E-state index in [-0.39, 0.29) is 18.2 Å². The Morgan fingerprint density at radius 3 is 2.72 bits per heavy atom. The molecule has 1 aromatic heterocycles. The number of nitrogens with one attached hydrogen (secondary N) is 1. The zero-order chi connectivity index (χ0) is 13.3. The van der Waals surface area contributed by atoms with Crippen molar-refractivity contribution in [2.45, 2.75) is 32.7 Å². The zero-order valence-corrected chi connectivity index (χ0v) is 10.7. The molecule has 18 heavy (non-hydrogen) atoms. The van der Waals surface area contributed by atoms with Crippen molar-refractivity contribution in [2.24, 2.45) is 0 Å². The van der Waals surface area contributed by atoms with Gasteiger partial charge in [-0.2, -0.15) is 0 Å². The Kier molecular flexibility index (Phi) is 3.27. The Balaban J connectivity index is 2.17. The Labute approximate surface area is 105 Å². The van der Waals surface area contributed by atoms with Crippen LogP contribution >= 0.6 is 0 Å². The highest BCUT2D eigenvalue weighted by Gasteiger charge is 2.36. The van der Waals surface area contributed by atoms with Gasteiger partial charge in [0.1, 0.15) is 17.7 Å². The average Bonchev–Trinajstić information content (AvgIpc) is 2.56. The molecular formula is C12H16N4O2. The van der Waals surface area contributed by atoms with Gasteiger partial charge in [-0.05, 0) is 13.3 Å². The molecule has 1 aliphatic heterocycles. The summed E-state index contributed by atoms with van der Waals surface area (Å²) in [5.74, 6) is 0.871. The summed E-state index contributed by atoms with van der Waals surface area (Å²) in [4.78, 5) is 32.8. The van der Waals surface area contributed by atoms with E-state index in [0.29, 0.717) is 11.6 Å². The average molecular weight is 248 g/mol. The van der Waals surface area contributed by atoms with Crippen LogP contribution in [0.5, 0.6) is 0 Å². The minimum absolute atomic E-state index is 0.168. The summed E-state index contributed by atoms with van der Waals surface area (Å²) in [5.41, 5.74) is 0.912. The van der Waals surface area contributed by atoms with E-state index < -0.39 is 6.04 Å². The summed E-state index contributed by atoms with van der Waals surface area (Å²) >= 11 is 0. The maximum Gasteiger partial charge on any atom is 0.251 e. The van der Waals surface area contributed by atoms with Gasteiger partial charge in [0.25, 0.3) is 5.91 Å². The topological polar surface area (TPSA) is 75.2 Å². The third-order valence-corrected chi connectivity index (χ3v) is 2.96. The first-order valence-electron chi connectivity index (χ1n) is 5.92. The molecule has 0 saturated carbocycles. The molecule has 2 heterocycles. The van der Waals surface area contributed by atoms with E-state index >= 15 is 0 Å². The first-order chi connectivity index (χ1) is 8.51. The van der Waals surface area contributed by atoms with E-state index in [4.69, 9.17) is 0 Å². The lowest BCUT2D eigenvalue weighted by molar-refractivity contribution is -0.136. The largest absolute Gasteiger partial charge is 0.358 e. The van der Waals surface area contributed by atoms with Crippen LogP contribution in [0, 0.1) is 6.92 Å². The number of anilines is 1. The van der Waals surface area contributed by atoms with Crippen molar-refractivity contribution >= 4 is 17.6 Å². The SMILES string of the molecule is CCc1cc(NC2CC(=O)N(C)C2=O)nc(C)n1. The van der Waals surface area contributed by atoms with Crippen molar-refractivity contribution in [3.05, 3.63) is 17.6 Å². The lowest BCUT2D eigenvalue weighted by Crippen LogP contribution is -2.32. The molecule has 1 aromatic rings. The van der Waals surface area contributed by atoms with Gasteiger partial charge < -0.3 is 5.32 Å². The molecule has 0 radical (unpaired) electrons. The fourth-order valence-corrected chi connectivity index (χ4v) is 1.93. The molecular weight excluding hydrogens is 232 g/mol. The normalized spacial score (nSPS) is 19.5. The van der Waals surface area contributed by atoms with E-state index in [1.807, 2.05) is 13.0 Å².